The molecule has 200 valence electrons. The number of hydrogen-bond donors (Lipinski definition) is 1. The molecule has 6 aromatic rings. The van der Waals surface area contributed by atoms with Crippen LogP contribution in [0.1, 0.15) is 5.56 Å². The molecular formula is C38H28N4. The molecule has 0 amide bonds. The first-order valence-corrected chi connectivity index (χ1v) is 14.0. The van der Waals surface area contributed by atoms with Gasteiger partial charge in [-0.3, -0.25) is 4.90 Å². The molecule has 0 radical (unpaired) electrons. The van der Waals surface area contributed by atoms with Gasteiger partial charge in [-0.15, -0.1) is 10.2 Å². The number of nitrogens with zero attached hydrogens (tertiary/aromatic N) is 3. The predicted octanol–water partition coefficient (Wildman–Crippen LogP) is 10.7. The molecule has 6 aromatic carbocycles. The Morgan fingerprint density at radius 2 is 0.833 bits per heavy atom. The van der Waals surface area contributed by atoms with E-state index in [1.54, 1.807) is 0 Å². The van der Waals surface area contributed by atoms with Crippen LogP contribution >= 0.6 is 0 Å². The standard InChI is InChI=1S/C38H28N4/c1-4-12-31(13-5-1)39-32-26-24-29(25-27-32)28-20-22-30(23-21-28)35-18-10-11-19-36(35)37-38(41-40-37)42(33-14-6-2-7-15-33)34-16-8-3-9-17-34/h1-27,39H. The van der Waals surface area contributed by atoms with Gasteiger partial charge in [-0.2, -0.15) is 0 Å². The van der Waals surface area contributed by atoms with E-state index < -0.39 is 0 Å². The van der Waals surface area contributed by atoms with Crippen LogP contribution in [0.4, 0.5) is 22.7 Å². The van der Waals surface area contributed by atoms with E-state index in [0.717, 1.165) is 51.0 Å². The monoisotopic (exact) mass is 540 g/mol. The number of hydrogen-bond acceptors (Lipinski definition) is 4. The van der Waals surface area contributed by atoms with E-state index in [2.05, 4.69) is 130 Å². The average Bonchev–Trinajstić information content (AvgIpc) is 3.05. The summed E-state index contributed by atoms with van der Waals surface area (Å²) in [5, 5.41) is 12.5. The second-order valence-corrected chi connectivity index (χ2v) is 10.1. The van der Waals surface area contributed by atoms with Gasteiger partial charge in [0, 0.05) is 28.3 Å². The quantitative estimate of drug-likeness (QED) is 0.209. The predicted molar refractivity (Wildman–Crippen MR) is 174 cm³/mol. The molecule has 1 N–H and O–H groups in total. The summed E-state index contributed by atoms with van der Waals surface area (Å²) < 4.78 is 0. The van der Waals surface area contributed by atoms with E-state index in [4.69, 9.17) is 0 Å². The molecule has 7 rings (SSSR count). The van der Waals surface area contributed by atoms with Gasteiger partial charge in [0.05, 0.1) is 0 Å². The lowest BCUT2D eigenvalue weighted by molar-refractivity contribution is 0.969. The fourth-order valence-electron chi connectivity index (χ4n) is 5.24. The fourth-order valence-corrected chi connectivity index (χ4v) is 5.24. The van der Waals surface area contributed by atoms with E-state index in [9.17, 15) is 0 Å². The van der Waals surface area contributed by atoms with Crippen molar-refractivity contribution in [2.45, 2.75) is 0 Å². The van der Waals surface area contributed by atoms with Crippen molar-refractivity contribution in [1.29, 1.82) is 0 Å². The molecule has 0 spiro atoms. The van der Waals surface area contributed by atoms with Crippen LogP contribution in [0.2, 0.25) is 0 Å². The van der Waals surface area contributed by atoms with Gasteiger partial charge in [0.1, 0.15) is 5.70 Å². The molecule has 1 aliphatic rings. The lowest BCUT2D eigenvalue weighted by Crippen LogP contribution is -2.19. The molecule has 4 nitrogen and oxygen atoms in total. The number of anilines is 4. The van der Waals surface area contributed by atoms with Crippen LogP contribution < -0.4 is 10.2 Å². The van der Waals surface area contributed by atoms with Gasteiger partial charge in [-0.1, -0.05) is 115 Å². The minimum absolute atomic E-state index is 0.834. The molecule has 0 saturated carbocycles. The zero-order valence-corrected chi connectivity index (χ0v) is 22.9. The second kappa shape index (κ2) is 11.4. The Labute approximate surface area is 246 Å². The van der Waals surface area contributed by atoms with Crippen LogP contribution in [0, 0.1) is 0 Å². The van der Waals surface area contributed by atoms with Crippen molar-refractivity contribution in [3.8, 4) is 22.3 Å². The van der Waals surface area contributed by atoms with Gasteiger partial charge in [-0.05, 0) is 70.8 Å². The lowest BCUT2D eigenvalue weighted by atomic mass is 9.95. The Morgan fingerprint density at radius 3 is 1.38 bits per heavy atom. The highest BCUT2D eigenvalue weighted by atomic mass is 15.4. The van der Waals surface area contributed by atoms with Crippen LogP contribution in [-0.2, 0) is 0 Å². The molecule has 0 saturated heterocycles. The molecule has 1 heterocycles. The summed E-state index contributed by atoms with van der Waals surface area (Å²) in [5.74, 6) is 0.834. The molecular weight excluding hydrogens is 512 g/mol. The summed E-state index contributed by atoms with van der Waals surface area (Å²) in [6.07, 6.45) is 0. The SMILES string of the molecule is c1ccc(Nc2ccc(-c3ccc(-c4ccccc4C4=C(N(c5ccccc5)c5ccccc5)N=N4)cc3)cc2)cc1. The molecule has 42 heavy (non-hydrogen) atoms. The topological polar surface area (TPSA) is 40.0 Å². The zero-order chi connectivity index (χ0) is 28.1. The van der Waals surface area contributed by atoms with Gasteiger partial charge in [0.15, 0.2) is 5.82 Å². The Kier molecular flexibility index (Phi) is 6.85. The smallest absolute Gasteiger partial charge is 0.188 e. The average molecular weight is 541 g/mol. The molecule has 1 aliphatic heterocycles. The molecule has 0 unspecified atom stereocenters. The minimum Gasteiger partial charge on any atom is -0.356 e. The van der Waals surface area contributed by atoms with Gasteiger partial charge >= 0.3 is 0 Å². The van der Waals surface area contributed by atoms with Gasteiger partial charge < -0.3 is 5.32 Å². The van der Waals surface area contributed by atoms with Crippen molar-refractivity contribution >= 4 is 28.4 Å². The summed E-state index contributed by atoms with van der Waals surface area (Å²) in [7, 11) is 0. The van der Waals surface area contributed by atoms with Crippen LogP contribution in [0.3, 0.4) is 0 Å². The summed E-state index contributed by atoms with van der Waals surface area (Å²) in [6.45, 7) is 0. The van der Waals surface area contributed by atoms with E-state index in [1.165, 1.54) is 11.1 Å². The van der Waals surface area contributed by atoms with Crippen LogP contribution in [-0.4, -0.2) is 0 Å². The van der Waals surface area contributed by atoms with Crippen molar-refractivity contribution < 1.29 is 0 Å². The maximum Gasteiger partial charge on any atom is 0.188 e. The van der Waals surface area contributed by atoms with Crippen molar-refractivity contribution in [3.63, 3.8) is 0 Å². The minimum atomic E-state index is 0.834. The largest absolute Gasteiger partial charge is 0.356 e. The Bertz CT molecular complexity index is 1820. The van der Waals surface area contributed by atoms with E-state index in [-0.39, 0.29) is 0 Å². The number of nitrogens with one attached hydrogen (secondary N) is 1. The first-order chi connectivity index (χ1) is 20.8. The summed E-state index contributed by atoms with van der Waals surface area (Å²) in [4.78, 5) is 2.17. The third kappa shape index (κ3) is 5.09. The summed E-state index contributed by atoms with van der Waals surface area (Å²) in [5.41, 5.74) is 10.8. The number of benzene rings is 6. The van der Waals surface area contributed by atoms with Crippen molar-refractivity contribution in [1.82, 2.24) is 0 Å². The third-order valence-corrected chi connectivity index (χ3v) is 7.36. The van der Waals surface area contributed by atoms with Crippen molar-refractivity contribution in [3.05, 3.63) is 175 Å². The van der Waals surface area contributed by atoms with Crippen LogP contribution in [0.5, 0.6) is 0 Å². The summed E-state index contributed by atoms with van der Waals surface area (Å²) >= 11 is 0. The Hall–Kier alpha value is -5.74. The van der Waals surface area contributed by atoms with E-state index in [1.807, 2.05) is 54.6 Å². The number of rotatable bonds is 8. The molecule has 0 fully saturated rings. The highest BCUT2D eigenvalue weighted by Crippen LogP contribution is 2.42. The van der Waals surface area contributed by atoms with E-state index >= 15 is 0 Å². The molecule has 4 heteroatoms. The van der Waals surface area contributed by atoms with Gasteiger partial charge in [0.25, 0.3) is 0 Å². The molecule has 0 aliphatic carbocycles. The molecule has 0 aromatic heterocycles. The Morgan fingerprint density at radius 1 is 0.381 bits per heavy atom. The van der Waals surface area contributed by atoms with Gasteiger partial charge in [-0.25, -0.2) is 0 Å². The Balaban J connectivity index is 1.19. The molecule has 0 bridgehead atoms. The summed E-state index contributed by atoms with van der Waals surface area (Å²) in [6, 6.07) is 56.5. The molecule has 0 atom stereocenters. The van der Waals surface area contributed by atoms with Crippen LogP contribution in [0.15, 0.2) is 180 Å². The highest BCUT2D eigenvalue weighted by Gasteiger charge is 2.27. The van der Waals surface area contributed by atoms with Crippen molar-refractivity contribution in [2.75, 3.05) is 10.2 Å². The third-order valence-electron chi connectivity index (χ3n) is 7.36. The van der Waals surface area contributed by atoms with E-state index in [0.29, 0.717) is 0 Å². The number of azo groups is 1. The maximum absolute atomic E-state index is 4.54. The first kappa shape index (κ1) is 25.2. The first-order valence-electron chi connectivity index (χ1n) is 14.0. The maximum atomic E-state index is 4.54. The number of para-hydroxylation sites is 3. The van der Waals surface area contributed by atoms with Gasteiger partial charge in [0.2, 0.25) is 0 Å². The van der Waals surface area contributed by atoms with Crippen molar-refractivity contribution in [2.24, 2.45) is 10.2 Å². The second-order valence-electron chi connectivity index (χ2n) is 10.1. The lowest BCUT2D eigenvalue weighted by Gasteiger charge is -2.29. The normalized spacial score (nSPS) is 12.1. The zero-order valence-electron chi connectivity index (χ0n) is 22.9. The van der Waals surface area contributed by atoms with Crippen LogP contribution in [0.25, 0.3) is 28.0 Å². The fraction of sp³-hybridized carbons (Fsp3) is 0. The highest BCUT2D eigenvalue weighted by molar-refractivity contribution is 5.87.